The van der Waals surface area contributed by atoms with Gasteiger partial charge in [-0.25, -0.2) is 4.98 Å². The van der Waals surface area contributed by atoms with Crippen LogP contribution in [0.15, 0.2) is 17.6 Å². The first kappa shape index (κ1) is 15.4. The van der Waals surface area contributed by atoms with Crippen LogP contribution in [0.5, 0.6) is 0 Å². The fraction of sp³-hybridized carbons (Fsp3) is 0.529. The van der Waals surface area contributed by atoms with Gasteiger partial charge in [-0.1, -0.05) is 6.42 Å². The van der Waals surface area contributed by atoms with E-state index in [2.05, 4.69) is 33.6 Å². The molecule has 0 spiro atoms. The quantitative estimate of drug-likeness (QED) is 0.689. The smallest absolute Gasteiger partial charge is 0.124 e. The van der Waals surface area contributed by atoms with Gasteiger partial charge in [0.1, 0.15) is 11.3 Å². The molecule has 2 aliphatic carbocycles. The SMILES string of the molecule is CS.NCc1nc2cnc3ccsc3c2n1C1CC2CCC1C2. The second-order valence-corrected chi connectivity index (χ2v) is 7.39. The average Bonchev–Trinajstić information content (AvgIpc) is 3.35. The van der Waals surface area contributed by atoms with Crippen molar-refractivity contribution in [1.29, 1.82) is 0 Å². The molecule has 0 aliphatic heterocycles. The molecule has 23 heavy (non-hydrogen) atoms. The molecule has 0 saturated heterocycles. The number of thiophene rings is 1. The number of nitrogens with two attached hydrogens (primary N) is 1. The molecule has 3 aromatic rings. The third kappa shape index (κ3) is 2.30. The lowest BCUT2D eigenvalue weighted by molar-refractivity contribution is 0.329. The highest BCUT2D eigenvalue weighted by Gasteiger charge is 2.41. The number of fused-ring (bicyclic) bond motifs is 5. The lowest BCUT2D eigenvalue weighted by atomic mass is 9.95. The maximum atomic E-state index is 6.00. The Morgan fingerprint density at radius 2 is 2.17 bits per heavy atom. The monoisotopic (exact) mass is 346 g/mol. The molecule has 122 valence electrons. The van der Waals surface area contributed by atoms with E-state index >= 15 is 0 Å². The van der Waals surface area contributed by atoms with E-state index in [9.17, 15) is 0 Å². The zero-order valence-electron chi connectivity index (χ0n) is 13.3. The summed E-state index contributed by atoms with van der Waals surface area (Å²) >= 11 is 5.30. The summed E-state index contributed by atoms with van der Waals surface area (Å²) in [4.78, 5) is 9.30. The van der Waals surface area contributed by atoms with Crippen LogP contribution in [0.1, 0.15) is 37.5 Å². The van der Waals surface area contributed by atoms with Gasteiger partial charge in [-0.05, 0) is 48.8 Å². The molecule has 0 aromatic carbocycles. The molecule has 3 heterocycles. The molecular weight excluding hydrogens is 324 g/mol. The van der Waals surface area contributed by atoms with Crippen LogP contribution in [0.2, 0.25) is 0 Å². The maximum Gasteiger partial charge on any atom is 0.124 e. The van der Waals surface area contributed by atoms with E-state index in [1.54, 1.807) is 17.6 Å². The van der Waals surface area contributed by atoms with Crippen molar-refractivity contribution in [1.82, 2.24) is 14.5 Å². The summed E-state index contributed by atoms with van der Waals surface area (Å²) in [6, 6.07) is 2.69. The van der Waals surface area contributed by atoms with Crippen molar-refractivity contribution in [3.05, 3.63) is 23.5 Å². The standard InChI is InChI=1S/C16H18N4S.CH4S/c17-7-14-19-12-8-18-11-3-4-21-16(11)15(12)20(14)13-6-9-1-2-10(13)5-9;1-2/h3-4,8-10,13H,1-2,5-7,17H2;2H,1H3. The molecule has 3 aromatic heterocycles. The van der Waals surface area contributed by atoms with Gasteiger partial charge in [-0.3, -0.25) is 4.98 Å². The van der Waals surface area contributed by atoms with Crippen molar-refractivity contribution in [2.24, 2.45) is 17.6 Å². The number of pyridine rings is 1. The molecule has 2 bridgehead atoms. The van der Waals surface area contributed by atoms with Crippen LogP contribution in [-0.2, 0) is 6.54 Å². The van der Waals surface area contributed by atoms with Gasteiger partial charge in [-0.2, -0.15) is 12.6 Å². The Balaban J connectivity index is 0.000000652. The molecule has 5 rings (SSSR count). The summed E-state index contributed by atoms with van der Waals surface area (Å²) in [5.41, 5.74) is 9.36. The van der Waals surface area contributed by atoms with Gasteiger partial charge in [0.05, 0.1) is 28.5 Å². The maximum absolute atomic E-state index is 6.00. The minimum absolute atomic E-state index is 0.509. The number of nitrogens with zero attached hydrogens (tertiary/aromatic N) is 3. The second-order valence-electron chi connectivity index (χ2n) is 6.47. The number of rotatable bonds is 2. The number of hydrogen-bond acceptors (Lipinski definition) is 5. The normalized spacial score (nSPS) is 26.0. The molecule has 3 atom stereocenters. The largest absolute Gasteiger partial charge is 0.324 e. The van der Waals surface area contributed by atoms with E-state index < -0.39 is 0 Å². The van der Waals surface area contributed by atoms with Gasteiger partial charge in [0, 0.05) is 6.04 Å². The Labute approximate surface area is 145 Å². The molecule has 2 saturated carbocycles. The Morgan fingerprint density at radius 1 is 1.30 bits per heavy atom. The predicted octanol–water partition coefficient (Wildman–Crippen LogP) is 4.01. The number of imidazole rings is 1. The fourth-order valence-electron chi connectivity index (χ4n) is 4.55. The summed E-state index contributed by atoms with van der Waals surface area (Å²) in [6.45, 7) is 0.509. The van der Waals surface area contributed by atoms with Crippen LogP contribution in [0.25, 0.3) is 21.3 Å². The molecule has 6 heteroatoms. The Hall–Kier alpha value is -1.11. The van der Waals surface area contributed by atoms with Gasteiger partial charge < -0.3 is 10.3 Å². The van der Waals surface area contributed by atoms with Crippen LogP contribution < -0.4 is 5.73 Å². The molecule has 0 radical (unpaired) electrons. The molecule has 2 N–H and O–H groups in total. The van der Waals surface area contributed by atoms with Crippen LogP contribution in [0.4, 0.5) is 0 Å². The number of thiol groups is 1. The second kappa shape index (κ2) is 6.07. The summed E-state index contributed by atoms with van der Waals surface area (Å²) in [6.07, 6.45) is 9.10. The Bertz CT molecular complexity index is 838. The van der Waals surface area contributed by atoms with Crippen LogP contribution in [-0.4, -0.2) is 20.8 Å². The number of hydrogen-bond donors (Lipinski definition) is 2. The van der Waals surface area contributed by atoms with Crippen molar-refractivity contribution in [2.45, 2.75) is 38.3 Å². The first-order valence-corrected chi connectivity index (χ1v) is 10.0. The molecule has 4 nitrogen and oxygen atoms in total. The van der Waals surface area contributed by atoms with Crippen molar-refractivity contribution >= 4 is 45.2 Å². The molecule has 2 aliphatic rings. The van der Waals surface area contributed by atoms with Gasteiger partial charge in [0.25, 0.3) is 0 Å². The minimum atomic E-state index is 0.509. The van der Waals surface area contributed by atoms with E-state index in [-0.39, 0.29) is 0 Å². The minimum Gasteiger partial charge on any atom is -0.324 e. The first-order chi connectivity index (χ1) is 11.3. The Kier molecular flexibility index (Phi) is 4.07. The van der Waals surface area contributed by atoms with Gasteiger partial charge in [-0.15, -0.1) is 11.3 Å². The van der Waals surface area contributed by atoms with Gasteiger partial charge in [0.15, 0.2) is 0 Å². The predicted molar refractivity (Wildman–Crippen MR) is 100 cm³/mol. The number of aromatic nitrogens is 3. The molecule has 2 fully saturated rings. The van der Waals surface area contributed by atoms with Crippen LogP contribution >= 0.6 is 24.0 Å². The molecule has 3 unspecified atom stereocenters. The Morgan fingerprint density at radius 3 is 2.87 bits per heavy atom. The molecular formula is C17H22N4S2. The van der Waals surface area contributed by atoms with Crippen molar-refractivity contribution in [3.8, 4) is 0 Å². The lowest BCUT2D eigenvalue weighted by Gasteiger charge is -2.25. The summed E-state index contributed by atoms with van der Waals surface area (Å²) in [5.74, 6) is 2.77. The molecule has 0 amide bonds. The van der Waals surface area contributed by atoms with Crippen molar-refractivity contribution in [2.75, 3.05) is 6.26 Å². The fourth-order valence-corrected chi connectivity index (χ4v) is 5.44. The third-order valence-corrected chi connectivity index (χ3v) is 6.32. The zero-order valence-corrected chi connectivity index (χ0v) is 15.0. The van der Waals surface area contributed by atoms with E-state index in [1.165, 1.54) is 35.9 Å². The van der Waals surface area contributed by atoms with Crippen molar-refractivity contribution in [3.63, 3.8) is 0 Å². The van der Waals surface area contributed by atoms with E-state index in [4.69, 9.17) is 10.7 Å². The zero-order chi connectivity index (χ0) is 16.0. The van der Waals surface area contributed by atoms with E-state index in [1.807, 2.05) is 6.20 Å². The third-order valence-electron chi connectivity index (χ3n) is 5.41. The average molecular weight is 347 g/mol. The summed E-state index contributed by atoms with van der Waals surface area (Å²) < 4.78 is 3.74. The topological polar surface area (TPSA) is 56.7 Å². The van der Waals surface area contributed by atoms with Crippen LogP contribution in [0, 0.1) is 11.8 Å². The lowest BCUT2D eigenvalue weighted by Crippen LogP contribution is -2.20. The van der Waals surface area contributed by atoms with Crippen molar-refractivity contribution < 1.29 is 0 Å². The van der Waals surface area contributed by atoms with Gasteiger partial charge >= 0.3 is 0 Å². The highest BCUT2D eigenvalue weighted by molar-refractivity contribution is 7.79. The highest BCUT2D eigenvalue weighted by atomic mass is 32.1. The first-order valence-electron chi connectivity index (χ1n) is 8.23. The van der Waals surface area contributed by atoms with E-state index in [0.29, 0.717) is 12.6 Å². The van der Waals surface area contributed by atoms with Gasteiger partial charge in [0.2, 0.25) is 0 Å². The van der Waals surface area contributed by atoms with E-state index in [0.717, 1.165) is 28.7 Å². The highest BCUT2D eigenvalue weighted by Crippen LogP contribution is 2.52. The van der Waals surface area contributed by atoms with Crippen LogP contribution in [0.3, 0.4) is 0 Å². The summed E-state index contributed by atoms with van der Waals surface area (Å²) in [5, 5.41) is 2.12. The summed E-state index contributed by atoms with van der Waals surface area (Å²) in [7, 11) is 0.